The van der Waals surface area contributed by atoms with Gasteiger partial charge in [0, 0.05) is 44.7 Å². The highest BCUT2D eigenvalue weighted by molar-refractivity contribution is 5.81. The van der Waals surface area contributed by atoms with Gasteiger partial charge in [-0.2, -0.15) is 0 Å². The molecular formula is C15H27N3O2. The van der Waals surface area contributed by atoms with Crippen molar-refractivity contribution in [3.05, 3.63) is 0 Å². The standard InChI is InChI=1S/C15H27N3O2/c19-15(13-3-4-13)18(14-2-1-5-16-12-14)7-6-17-8-10-20-11-9-17/h13-14,16H,1-12H2. The zero-order chi connectivity index (χ0) is 13.8. The Hall–Kier alpha value is -0.650. The summed E-state index contributed by atoms with van der Waals surface area (Å²) >= 11 is 0. The van der Waals surface area contributed by atoms with Crippen LogP contribution in [0.2, 0.25) is 0 Å². The summed E-state index contributed by atoms with van der Waals surface area (Å²) in [6.07, 6.45) is 4.56. The van der Waals surface area contributed by atoms with E-state index in [9.17, 15) is 4.79 Å². The second kappa shape index (κ2) is 6.87. The van der Waals surface area contributed by atoms with Gasteiger partial charge in [0.1, 0.15) is 0 Å². The van der Waals surface area contributed by atoms with Crippen molar-refractivity contribution in [2.75, 3.05) is 52.5 Å². The monoisotopic (exact) mass is 281 g/mol. The molecule has 0 aromatic rings. The number of nitrogens with zero attached hydrogens (tertiary/aromatic N) is 2. The van der Waals surface area contributed by atoms with Gasteiger partial charge in [-0.05, 0) is 32.2 Å². The second-order valence-electron chi connectivity index (χ2n) is 6.26. The number of carbonyl (C=O) groups excluding carboxylic acids is 1. The van der Waals surface area contributed by atoms with Crippen LogP contribution < -0.4 is 5.32 Å². The molecule has 0 spiro atoms. The molecule has 0 aromatic heterocycles. The van der Waals surface area contributed by atoms with E-state index in [1.807, 2.05) is 0 Å². The lowest BCUT2D eigenvalue weighted by atomic mass is 10.0. The number of rotatable bonds is 5. The largest absolute Gasteiger partial charge is 0.379 e. The highest BCUT2D eigenvalue weighted by atomic mass is 16.5. The van der Waals surface area contributed by atoms with E-state index in [0.717, 1.165) is 71.7 Å². The summed E-state index contributed by atoms with van der Waals surface area (Å²) in [7, 11) is 0. The van der Waals surface area contributed by atoms with E-state index in [-0.39, 0.29) is 0 Å². The molecule has 0 aromatic carbocycles. The van der Waals surface area contributed by atoms with Crippen LogP contribution in [0.4, 0.5) is 0 Å². The number of piperidine rings is 1. The third kappa shape index (κ3) is 3.71. The molecule has 1 aliphatic carbocycles. The third-order valence-electron chi connectivity index (χ3n) is 4.68. The minimum absolute atomic E-state index is 0.335. The first-order chi connectivity index (χ1) is 9.84. The molecular weight excluding hydrogens is 254 g/mol. The van der Waals surface area contributed by atoms with Gasteiger partial charge in [0.2, 0.25) is 5.91 Å². The van der Waals surface area contributed by atoms with Crippen molar-refractivity contribution in [1.29, 1.82) is 0 Å². The van der Waals surface area contributed by atoms with Crippen LogP contribution in [0.15, 0.2) is 0 Å². The second-order valence-corrected chi connectivity index (χ2v) is 6.26. The van der Waals surface area contributed by atoms with Crippen LogP contribution in [0.25, 0.3) is 0 Å². The van der Waals surface area contributed by atoms with Crippen molar-refractivity contribution < 1.29 is 9.53 Å². The zero-order valence-corrected chi connectivity index (χ0v) is 12.4. The maximum absolute atomic E-state index is 12.5. The number of hydrogen-bond donors (Lipinski definition) is 1. The van der Waals surface area contributed by atoms with E-state index in [2.05, 4.69) is 15.1 Å². The predicted octanol–water partition coefficient (Wildman–Crippen LogP) is 0.309. The Balaban J connectivity index is 1.54. The zero-order valence-electron chi connectivity index (χ0n) is 12.4. The van der Waals surface area contributed by atoms with E-state index in [1.165, 1.54) is 6.42 Å². The number of carbonyl (C=O) groups is 1. The van der Waals surface area contributed by atoms with E-state index < -0.39 is 0 Å². The van der Waals surface area contributed by atoms with E-state index >= 15 is 0 Å². The van der Waals surface area contributed by atoms with Crippen LogP contribution in [-0.2, 0) is 9.53 Å². The van der Waals surface area contributed by atoms with Gasteiger partial charge in [-0.3, -0.25) is 9.69 Å². The molecule has 3 rings (SSSR count). The summed E-state index contributed by atoms with van der Waals surface area (Å²) in [5, 5.41) is 3.44. The SMILES string of the molecule is O=C(C1CC1)N(CCN1CCOCC1)C1CCCNC1. The Kier molecular flexibility index (Phi) is 4.91. The van der Waals surface area contributed by atoms with Gasteiger partial charge in [0.25, 0.3) is 0 Å². The van der Waals surface area contributed by atoms with Crippen molar-refractivity contribution >= 4 is 5.91 Å². The van der Waals surface area contributed by atoms with Crippen LogP contribution >= 0.6 is 0 Å². The average molecular weight is 281 g/mol. The maximum Gasteiger partial charge on any atom is 0.226 e. The van der Waals surface area contributed by atoms with Crippen molar-refractivity contribution in [3.63, 3.8) is 0 Å². The van der Waals surface area contributed by atoms with Crippen molar-refractivity contribution in [2.45, 2.75) is 31.7 Å². The van der Waals surface area contributed by atoms with Gasteiger partial charge < -0.3 is 15.0 Å². The van der Waals surface area contributed by atoms with Crippen LogP contribution in [0.3, 0.4) is 0 Å². The van der Waals surface area contributed by atoms with Gasteiger partial charge in [-0.25, -0.2) is 0 Å². The molecule has 2 heterocycles. The Morgan fingerprint density at radius 3 is 2.70 bits per heavy atom. The molecule has 3 aliphatic rings. The summed E-state index contributed by atoms with van der Waals surface area (Å²) in [5.74, 6) is 0.744. The predicted molar refractivity (Wildman–Crippen MR) is 77.6 cm³/mol. The number of ether oxygens (including phenoxy) is 1. The molecule has 5 nitrogen and oxygen atoms in total. The molecule has 1 saturated carbocycles. The third-order valence-corrected chi connectivity index (χ3v) is 4.68. The Morgan fingerprint density at radius 1 is 1.25 bits per heavy atom. The van der Waals surface area contributed by atoms with Gasteiger partial charge in [-0.1, -0.05) is 0 Å². The highest BCUT2D eigenvalue weighted by Gasteiger charge is 2.36. The van der Waals surface area contributed by atoms with Crippen molar-refractivity contribution in [1.82, 2.24) is 15.1 Å². The van der Waals surface area contributed by atoms with Gasteiger partial charge >= 0.3 is 0 Å². The highest BCUT2D eigenvalue weighted by Crippen LogP contribution is 2.32. The lowest BCUT2D eigenvalue weighted by molar-refractivity contribution is -0.135. The first kappa shape index (κ1) is 14.3. The Morgan fingerprint density at radius 2 is 2.05 bits per heavy atom. The van der Waals surface area contributed by atoms with E-state index in [4.69, 9.17) is 4.74 Å². The molecule has 114 valence electrons. The number of nitrogens with one attached hydrogen (secondary N) is 1. The normalized spacial score (nSPS) is 28.3. The Labute approximate surface area is 121 Å². The minimum atomic E-state index is 0.335. The van der Waals surface area contributed by atoms with Crippen LogP contribution in [-0.4, -0.2) is 74.2 Å². The molecule has 3 fully saturated rings. The average Bonchev–Trinajstić information content (AvgIpc) is 3.34. The van der Waals surface area contributed by atoms with Crippen molar-refractivity contribution in [3.8, 4) is 0 Å². The van der Waals surface area contributed by atoms with Gasteiger partial charge in [-0.15, -0.1) is 0 Å². The minimum Gasteiger partial charge on any atom is -0.379 e. The topological polar surface area (TPSA) is 44.8 Å². The lowest BCUT2D eigenvalue weighted by Gasteiger charge is -2.37. The number of hydrogen-bond acceptors (Lipinski definition) is 4. The summed E-state index contributed by atoms with van der Waals surface area (Å²) < 4.78 is 5.39. The fourth-order valence-corrected chi connectivity index (χ4v) is 3.21. The Bertz CT molecular complexity index is 321. The molecule has 2 aliphatic heterocycles. The van der Waals surface area contributed by atoms with Gasteiger partial charge in [0.05, 0.1) is 13.2 Å². The molecule has 20 heavy (non-hydrogen) atoms. The van der Waals surface area contributed by atoms with E-state index in [1.54, 1.807) is 0 Å². The van der Waals surface area contributed by atoms with Crippen LogP contribution in [0.1, 0.15) is 25.7 Å². The molecule has 5 heteroatoms. The molecule has 0 radical (unpaired) electrons. The summed E-state index contributed by atoms with van der Waals surface area (Å²) in [6, 6.07) is 0.415. The quantitative estimate of drug-likeness (QED) is 0.788. The molecule has 1 atom stereocenters. The summed E-state index contributed by atoms with van der Waals surface area (Å²) in [6.45, 7) is 7.65. The number of amides is 1. The maximum atomic E-state index is 12.5. The first-order valence-corrected chi connectivity index (χ1v) is 8.16. The fraction of sp³-hybridized carbons (Fsp3) is 0.933. The van der Waals surface area contributed by atoms with Gasteiger partial charge in [0.15, 0.2) is 0 Å². The molecule has 2 saturated heterocycles. The molecule has 0 bridgehead atoms. The fourth-order valence-electron chi connectivity index (χ4n) is 3.21. The molecule has 1 unspecified atom stereocenters. The first-order valence-electron chi connectivity index (χ1n) is 8.16. The molecule has 1 amide bonds. The van der Waals surface area contributed by atoms with Crippen LogP contribution in [0, 0.1) is 5.92 Å². The number of morpholine rings is 1. The van der Waals surface area contributed by atoms with E-state index in [0.29, 0.717) is 17.9 Å². The molecule has 1 N–H and O–H groups in total. The summed E-state index contributed by atoms with van der Waals surface area (Å²) in [5.41, 5.74) is 0. The lowest BCUT2D eigenvalue weighted by Crippen LogP contribution is -2.52. The van der Waals surface area contributed by atoms with Crippen molar-refractivity contribution in [2.24, 2.45) is 5.92 Å². The smallest absolute Gasteiger partial charge is 0.226 e. The summed E-state index contributed by atoms with van der Waals surface area (Å²) in [4.78, 5) is 17.1. The van der Waals surface area contributed by atoms with Crippen LogP contribution in [0.5, 0.6) is 0 Å².